The summed E-state index contributed by atoms with van der Waals surface area (Å²) in [4.78, 5) is 22.8. The molecule has 0 atom stereocenters. The van der Waals surface area contributed by atoms with Crippen LogP contribution in [0, 0.1) is 0 Å². The van der Waals surface area contributed by atoms with Gasteiger partial charge in [0.05, 0.1) is 6.54 Å². The van der Waals surface area contributed by atoms with Crippen molar-refractivity contribution < 1.29 is 9.59 Å². The molecule has 0 spiro atoms. The smallest absolute Gasteiger partial charge is 0.251 e. The summed E-state index contributed by atoms with van der Waals surface area (Å²) in [5.41, 5.74) is 1.55. The molecule has 5 nitrogen and oxygen atoms in total. The highest BCUT2D eigenvalue weighted by molar-refractivity contribution is 5.93. The fraction of sp³-hybridized carbons (Fsp3) is 0.286. The lowest BCUT2D eigenvalue weighted by Gasteiger charge is -2.06. The molecule has 5 heteroatoms. The van der Waals surface area contributed by atoms with Crippen LogP contribution in [0.4, 0.5) is 0 Å². The Hall–Kier alpha value is -2.14. The van der Waals surface area contributed by atoms with Crippen LogP contribution in [0.2, 0.25) is 0 Å². The maximum atomic E-state index is 11.4. The van der Waals surface area contributed by atoms with Gasteiger partial charge in [0.1, 0.15) is 0 Å². The molecule has 0 saturated carbocycles. The average Bonchev–Trinajstić information content (AvgIpc) is 2.45. The van der Waals surface area contributed by atoms with Crippen molar-refractivity contribution in [3.05, 3.63) is 48.0 Å². The quantitative estimate of drug-likeness (QED) is 0.492. The Morgan fingerprint density at radius 3 is 2.53 bits per heavy atom. The molecular weight excluding hydrogens is 242 g/mol. The highest BCUT2D eigenvalue weighted by atomic mass is 16.2. The second-order valence-corrected chi connectivity index (χ2v) is 3.97. The van der Waals surface area contributed by atoms with Gasteiger partial charge in [-0.25, -0.2) is 0 Å². The molecule has 102 valence electrons. The molecule has 2 amide bonds. The normalized spacial score (nSPS) is 9.74. The molecule has 1 aromatic rings. The van der Waals surface area contributed by atoms with E-state index in [0.717, 1.165) is 5.56 Å². The number of rotatable bonds is 7. The van der Waals surface area contributed by atoms with Gasteiger partial charge < -0.3 is 16.0 Å². The van der Waals surface area contributed by atoms with Crippen molar-refractivity contribution >= 4 is 11.8 Å². The van der Waals surface area contributed by atoms with Gasteiger partial charge in [-0.05, 0) is 17.7 Å². The van der Waals surface area contributed by atoms with Crippen LogP contribution in [0.5, 0.6) is 0 Å². The first-order chi connectivity index (χ1) is 9.17. The molecule has 0 aliphatic heterocycles. The Morgan fingerprint density at radius 1 is 1.26 bits per heavy atom. The Bertz CT molecular complexity index is 441. The summed E-state index contributed by atoms with van der Waals surface area (Å²) in [6.07, 6.45) is 1.70. The Morgan fingerprint density at radius 2 is 1.95 bits per heavy atom. The second-order valence-electron chi connectivity index (χ2n) is 3.97. The van der Waals surface area contributed by atoms with Gasteiger partial charge in [-0.15, -0.1) is 6.58 Å². The van der Waals surface area contributed by atoms with Gasteiger partial charge in [-0.3, -0.25) is 9.59 Å². The van der Waals surface area contributed by atoms with Crippen molar-refractivity contribution in [1.82, 2.24) is 16.0 Å². The van der Waals surface area contributed by atoms with Crippen molar-refractivity contribution in [3.63, 3.8) is 0 Å². The number of amides is 2. The third-order valence-corrected chi connectivity index (χ3v) is 2.51. The van der Waals surface area contributed by atoms with E-state index in [1.807, 2.05) is 12.1 Å². The van der Waals surface area contributed by atoms with E-state index < -0.39 is 0 Å². The minimum Gasteiger partial charge on any atom is -0.355 e. The average molecular weight is 261 g/mol. The number of nitrogens with one attached hydrogen (secondary N) is 3. The zero-order valence-electron chi connectivity index (χ0n) is 11.0. The minimum absolute atomic E-state index is 0.0720. The van der Waals surface area contributed by atoms with Crippen LogP contribution in [-0.2, 0) is 11.3 Å². The van der Waals surface area contributed by atoms with Crippen LogP contribution in [0.3, 0.4) is 0 Å². The summed E-state index contributed by atoms with van der Waals surface area (Å²) in [5.74, 6) is -0.193. The van der Waals surface area contributed by atoms with E-state index in [-0.39, 0.29) is 18.4 Å². The first kappa shape index (κ1) is 14.9. The van der Waals surface area contributed by atoms with Crippen molar-refractivity contribution in [2.75, 3.05) is 20.1 Å². The standard InChI is InChI=1S/C14H19N3O2/c1-3-8-16-10-13(18)17-9-11-4-6-12(7-5-11)14(19)15-2/h3-7,16H,1,8-10H2,2H3,(H,15,19)(H,17,18). The molecule has 3 N–H and O–H groups in total. The Labute approximate surface area is 113 Å². The molecule has 0 fully saturated rings. The van der Waals surface area contributed by atoms with Crippen LogP contribution in [0.15, 0.2) is 36.9 Å². The number of carbonyl (C=O) groups is 2. The highest BCUT2D eigenvalue weighted by Gasteiger charge is 2.03. The van der Waals surface area contributed by atoms with Crippen molar-refractivity contribution in [3.8, 4) is 0 Å². The van der Waals surface area contributed by atoms with E-state index >= 15 is 0 Å². The number of benzene rings is 1. The van der Waals surface area contributed by atoms with Crippen LogP contribution >= 0.6 is 0 Å². The zero-order chi connectivity index (χ0) is 14.1. The summed E-state index contributed by atoms with van der Waals surface area (Å²) in [6.45, 7) is 4.87. The maximum Gasteiger partial charge on any atom is 0.251 e. The summed E-state index contributed by atoms with van der Waals surface area (Å²) in [7, 11) is 1.59. The van der Waals surface area contributed by atoms with Gasteiger partial charge in [0.25, 0.3) is 5.91 Å². The Balaban J connectivity index is 2.39. The number of hydrogen-bond donors (Lipinski definition) is 3. The van der Waals surface area contributed by atoms with Crippen LogP contribution in [0.1, 0.15) is 15.9 Å². The third-order valence-electron chi connectivity index (χ3n) is 2.51. The lowest BCUT2D eigenvalue weighted by molar-refractivity contribution is -0.120. The summed E-state index contributed by atoms with van der Waals surface area (Å²) in [6, 6.07) is 7.11. The van der Waals surface area contributed by atoms with Gasteiger partial charge in [0.15, 0.2) is 0 Å². The van der Waals surface area contributed by atoms with Gasteiger partial charge >= 0.3 is 0 Å². The molecule has 0 heterocycles. The van der Waals surface area contributed by atoms with Gasteiger partial charge in [-0.2, -0.15) is 0 Å². The molecule has 0 bridgehead atoms. The van der Waals surface area contributed by atoms with Crippen LogP contribution < -0.4 is 16.0 Å². The van der Waals surface area contributed by atoms with E-state index in [1.54, 1.807) is 25.3 Å². The molecule has 0 aliphatic carbocycles. The fourth-order valence-electron chi connectivity index (χ4n) is 1.47. The molecule has 1 aromatic carbocycles. The van der Waals surface area contributed by atoms with Gasteiger partial charge in [0.2, 0.25) is 5.91 Å². The minimum atomic E-state index is -0.121. The summed E-state index contributed by atoms with van der Waals surface area (Å²) >= 11 is 0. The van der Waals surface area contributed by atoms with Gasteiger partial charge in [0, 0.05) is 25.7 Å². The largest absolute Gasteiger partial charge is 0.355 e. The molecule has 0 aromatic heterocycles. The molecule has 0 aliphatic rings. The molecule has 19 heavy (non-hydrogen) atoms. The molecule has 0 radical (unpaired) electrons. The zero-order valence-corrected chi connectivity index (χ0v) is 11.0. The monoisotopic (exact) mass is 261 g/mol. The van der Waals surface area contributed by atoms with Crippen molar-refractivity contribution in [2.24, 2.45) is 0 Å². The van der Waals surface area contributed by atoms with E-state index in [0.29, 0.717) is 18.7 Å². The predicted octanol–water partition coefficient (Wildman–Crippen LogP) is 0.438. The third kappa shape index (κ3) is 5.35. The molecule has 1 rings (SSSR count). The lowest BCUT2D eigenvalue weighted by Crippen LogP contribution is -2.33. The Kier molecular flexibility index (Phi) is 6.32. The topological polar surface area (TPSA) is 70.2 Å². The van der Waals surface area contributed by atoms with E-state index in [4.69, 9.17) is 0 Å². The number of hydrogen-bond acceptors (Lipinski definition) is 3. The first-order valence-electron chi connectivity index (χ1n) is 6.06. The maximum absolute atomic E-state index is 11.4. The van der Waals surface area contributed by atoms with E-state index in [9.17, 15) is 9.59 Å². The van der Waals surface area contributed by atoms with Crippen molar-refractivity contribution in [2.45, 2.75) is 6.54 Å². The second kappa shape index (κ2) is 8.05. The number of carbonyl (C=O) groups excluding carboxylic acids is 2. The van der Waals surface area contributed by atoms with Crippen LogP contribution in [0.25, 0.3) is 0 Å². The van der Waals surface area contributed by atoms with Crippen LogP contribution in [-0.4, -0.2) is 32.0 Å². The van der Waals surface area contributed by atoms with Gasteiger partial charge in [-0.1, -0.05) is 18.2 Å². The summed E-state index contributed by atoms with van der Waals surface area (Å²) < 4.78 is 0. The SMILES string of the molecule is C=CCNCC(=O)NCc1ccc(C(=O)NC)cc1. The van der Waals surface area contributed by atoms with E-state index in [1.165, 1.54) is 0 Å². The first-order valence-corrected chi connectivity index (χ1v) is 6.06. The highest BCUT2D eigenvalue weighted by Crippen LogP contribution is 2.04. The molecule has 0 unspecified atom stereocenters. The molecular formula is C14H19N3O2. The van der Waals surface area contributed by atoms with E-state index in [2.05, 4.69) is 22.5 Å². The lowest BCUT2D eigenvalue weighted by atomic mass is 10.1. The molecule has 0 saturated heterocycles. The predicted molar refractivity (Wildman–Crippen MR) is 74.7 cm³/mol. The summed E-state index contributed by atoms with van der Waals surface area (Å²) in [5, 5.41) is 8.26. The fourth-order valence-corrected chi connectivity index (χ4v) is 1.47. The van der Waals surface area contributed by atoms with Crippen molar-refractivity contribution in [1.29, 1.82) is 0 Å².